The second-order valence-corrected chi connectivity index (χ2v) is 16.3. The Labute approximate surface area is 259 Å². The molecule has 43 heavy (non-hydrogen) atoms. The molecule has 0 saturated heterocycles. The number of fused-ring (bicyclic) bond motifs is 4. The van der Waals surface area contributed by atoms with E-state index in [0.717, 1.165) is 22.4 Å². The van der Waals surface area contributed by atoms with Crippen LogP contribution < -0.4 is 4.57 Å². The molecule has 0 radical (unpaired) electrons. The Bertz CT molecular complexity index is 1920. The lowest BCUT2D eigenvalue weighted by atomic mass is 9.39. The van der Waals surface area contributed by atoms with E-state index in [4.69, 9.17) is 4.42 Å². The SMILES string of the molecule is Cc1ccc2c(oc3c(-c4ccc(C(C)(C)C)c5c4C(C)(C)C(C)(C)C(C)(C)C5(C)C)cccc32)c1-c1cccc[n+]1C. The van der Waals surface area contributed by atoms with E-state index in [9.17, 15) is 0 Å². The Morgan fingerprint density at radius 1 is 0.628 bits per heavy atom. The Balaban J connectivity index is 1.76. The maximum Gasteiger partial charge on any atom is 0.216 e. The summed E-state index contributed by atoms with van der Waals surface area (Å²) in [6, 6.07) is 22.4. The van der Waals surface area contributed by atoms with Crippen molar-refractivity contribution in [3.8, 4) is 22.4 Å². The summed E-state index contributed by atoms with van der Waals surface area (Å²) in [7, 11) is 2.11. The van der Waals surface area contributed by atoms with Crippen LogP contribution in [0.3, 0.4) is 0 Å². The first-order valence-corrected chi connectivity index (χ1v) is 15.9. The second kappa shape index (κ2) is 9.07. The first kappa shape index (κ1) is 29.7. The standard InChI is InChI=1S/C41H50NO/c1-25-20-21-29-28-18-16-17-27(35(28)43-36(29)32(25)31-19-14-15-24-42(31)13)26-22-23-30(37(2,3)4)34-33(26)38(5,6)40(9,10)41(11,12)39(34,7)8/h14-24H,1-13H3/q+1. The van der Waals surface area contributed by atoms with Gasteiger partial charge in [-0.05, 0) is 67.9 Å². The summed E-state index contributed by atoms with van der Waals surface area (Å²) in [6.07, 6.45) is 2.11. The van der Waals surface area contributed by atoms with E-state index in [0.29, 0.717) is 0 Å². The van der Waals surface area contributed by atoms with Gasteiger partial charge in [0.2, 0.25) is 5.69 Å². The molecule has 0 bridgehead atoms. The molecule has 2 nitrogen and oxygen atoms in total. The lowest BCUT2D eigenvalue weighted by molar-refractivity contribution is -0.660. The summed E-state index contributed by atoms with van der Waals surface area (Å²) < 4.78 is 9.23. The zero-order valence-electron chi connectivity index (χ0n) is 28.7. The fraction of sp³-hybridized carbons (Fsp3) is 0.439. The molecule has 1 aliphatic carbocycles. The van der Waals surface area contributed by atoms with Gasteiger partial charge in [0.05, 0.1) is 5.56 Å². The van der Waals surface area contributed by atoms with Crippen molar-refractivity contribution in [3.05, 3.63) is 89.1 Å². The van der Waals surface area contributed by atoms with Crippen LogP contribution in [0.2, 0.25) is 0 Å². The molecule has 5 aromatic rings. The topological polar surface area (TPSA) is 17.0 Å². The first-order chi connectivity index (χ1) is 19.9. The van der Waals surface area contributed by atoms with Crippen LogP contribution >= 0.6 is 0 Å². The minimum Gasteiger partial charge on any atom is -0.454 e. The maximum atomic E-state index is 7.05. The molecule has 2 aromatic heterocycles. The van der Waals surface area contributed by atoms with Gasteiger partial charge in [-0.3, -0.25) is 0 Å². The van der Waals surface area contributed by atoms with Gasteiger partial charge >= 0.3 is 0 Å². The Morgan fingerprint density at radius 2 is 1.26 bits per heavy atom. The highest BCUT2D eigenvalue weighted by atomic mass is 16.3. The van der Waals surface area contributed by atoms with Gasteiger partial charge in [0, 0.05) is 28.5 Å². The van der Waals surface area contributed by atoms with Gasteiger partial charge in [0.15, 0.2) is 6.20 Å². The highest BCUT2D eigenvalue weighted by molar-refractivity contribution is 6.13. The molecule has 0 saturated carbocycles. The normalized spacial score (nSPS) is 18.6. The van der Waals surface area contributed by atoms with E-state index in [1.54, 1.807) is 0 Å². The molecule has 224 valence electrons. The van der Waals surface area contributed by atoms with Crippen molar-refractivity contribution < 1.29 is 8.98 Å². The number of hydrogen-bond acceptors (Lipinski definition) is 1. The number of benzene rings is 3. The predicted molar refractivity (Wildman–Crippen MR) is 183 cm³/mol. The van der Waals surface area contributed by atoms with Crippen molar-refractivity contribution >= 4 is 21.9 Å². The molecule has 0 N–H and O–H groups in total. The Kier molecular flexibility index (Phi) is 6.26. The van der Waals surface area contributed by atoms with Crippen molar-refractivity contribution in [2.75, 3.05) is 0 Å². The zero-order chi connectivity index (χ0) is 31.5. The minimum absolute atomic E-state index is 0.0237. The molecule has 0 amide bonds. The zero-order valence-corrected chi connectivity index (χ0v) is 28.7. The summed E-state index contributed by atoms with van der Waals surface area (Å²) in [5.74, 6) is 0. The van der Waals surface area contributed by atoms with Crippen molar-refractivity contribution in [1.29, 1.82) is 0 Å². The third-order valence-electron chi connectivity index (χ3n) is 12.4. The average Bonchev–Trinajstić information content (AvgIpc) is 3.30. The minimum atomic E-state index is -0.0916. The van der Waals surface area contributed by atoms with Gasteiger partial charge in [0.1, 0.15) is 18.2 Å². The highest BCUT2D eigenvalue weighted by Gasteiger charge is 2.62. The Morgan fingerprint density at radius 3 is 1.88 bits per heavy atom. The predicted octanol–water partition coefficient (Wildman–Crippen LogP) is 11.0. The number of nitrogens with zero attached hydrogens (tertiary/aromatic N) is 1. The number of aryl methyl sites for hydroxylation is 2. The van der Waals surface area contributed by atoms with Gasteiger partial charge in [-0.2, -0.15) is 0 Å². The molecular weight excluding hydrogens is 522 g/mol. The largest absolute Gasteiger partial charge is 0.454 e. The molecule has 0 aliphatic heterocycles. The quantitative estimate of drug-likeness (QED) is 0.192. The monoisotopic (exact) mass is 572 g/mol. The average molecular weight is 573 g/mol. The van der Waals surface area contributed by atoms with Crippen molar-refractivity contribution in [1.82, 2.24) is 0 Å². The van der Waals surface area contributed by atoms with Crippen molar-refractivity contribution in [3.63, 3.8) is 0 Å². The van der Waals surface area contributed by atoms with Crippen LogP contribution in [-0.2, 0) is 23.3 Å². The lowest BCUT2D eigenvalue weighted by Crippen LogP contribution is -2.60. The molecule has 2 heteroatoms. The number of para-hydroxylation sites is 1. The van der Waals surface area contributed by atoms with Gasteiger partial charge in [0.25, 0.3) is 0 Å². The molecule has 0 atom stereocenters. The van der Waals surface area contributed by atoms with Gasteiger partial charge in [-0.25, -0.2) is 4.57 Å². The Hall–Kier alpha value is -3.39. The van der Waals surface area contributed by atoms with Gasteiger partial charge < -0.3 is 4.42 Å². The first-order valence-electron chi connectivity index (χ1n) is 15.9. The molecule has 3 aromatic carbocycles. The van der Waals surface area contributed by atoms with Crippen LogP contribution in [0.25, 0.3) is 44.3 Å². The van der Waals surface area contributed by atoms with E-state index < -0.39 is 0 Å². The molecule has 0 fully saturated rings. The lowest BCUT2D eigenvalue weighted by Gasteiger charge is -2.65. The van der Waals surface area contributed by atoms with Crippen LogP contribution in [0.15, 0.2) is 71.3 Å². The maximum absolute atomic E-state index is 7.05. The van der Waals surface area contributed by atoms with Crippen LogP contribution in [-0.4, -0.2) is 0 Å². The van der Waals surface area contributed by atoms with Crippen LogP contribution in [0.5, 0.6) is 0 Å². The summed E-state index contributed by atoms with van der Waals surface area (Å²) in [5.41, 5.74) is 12.4. The third kappa shape index (κ3) is 3.81. The summed E-state index contributed by atoms with van der Waals surface area (Å²) in [5, 5.41) is 2.34. The summed E-state index contributed by atoms with van der Waals surface area (Å²) in [6.45, 7) is 29.2. The molecule has 0 spiro atoms. The fourth-order valence-corrected chi connectivity index (χ4v) is 8.21. The van der Waals surface area contributed by atoms with Gasteiger partial charge in [-0.1, -0.05) is 119 Å². The fourth-order valence-electron chi connectivity index (χ4n) is 8.21. The molecule has 0 unspecified atom stereocenters. The molecule has 6 rings (SSSR count). The van der Waals surface area contributed by atoms with E-state index >= 15 is 0 Å². The van der Waals surface area contributed by atoms with E-state index in [2.05, 4.69) is 162 Å². The van der Waals surface area contributed by atoms with Crippen LogP contribution in [0, 0.1) is 17.8 Å². The van der Waals surface area contributed by atoms with Crippen molar-refractivity contribution in [2.45, 2.75) is 99.3 Å². The summed E-state index contributed by atoms with van der Waals surface area (Å²) >= 11 is 0. The van der Waals surface area contributed by atoms with E-state index in [1.165, 1.54) is 44.2 Å². The number of hydrogen-bond donors (Lipinski definition) is 0. The third-order valence-corrected chi connectivity index (χ3v) is 12.4. The highest BCUT2D eigenvalue weighted by Crippen LogP contribution is 2.68. The number of rotatable bonds is 2. The molecule has 2 heterocycles. The van der Waals surface area contributed by atoms with E-state index in [-0.39, 0.29) is 27.1 Å². The van der Waals surface area contributed by atoms with Crippen LogP contribution in [0.1, 0.15) is 98.4 Å². The van der Waals surface area contributed by atoms with E-state index in [1.807, 2.05) is 0 Å². The second-order valence-electron chi connectivity index (χ2n) is 16.3. The molecular formula is C41H50NO+. The number of furan rings is 1. The molecule has 1 aliphatic rings. The van der Waals surface area contributed by atoms with Crippen molar-refractivity contribution in [2.24, 2.45) is 17.9 Å². The summed E-state index contributed by atoms with van der Waals surface area (Å²) in [4.78, 5) is 0. The van der Waals surface area contributed by atoms with Gasteiger partial charge in [-0.15, -0.1) is 0 Å². The van der Waals surface area contributed by atoms with Crippen LogP contribution in [0.4, 0.5) is 0 Å². The smallest absolute Gasteiger partial charge is 0.216 e. The number of aromatic nitrogens is 1. The number of pyridine rings is 1.